The number of hydrogen-bond donors (Lipinski definition) is 1. The Morgan fingerprint density at radius 3 is 2.67 bits per heavy atom. The van der Waals surface area contributed by atoms with E-state index in [2.05, 4.69) is 20.7 Å². The van der Waals surface area contributed by atoms with Crippen molar-refractivity contribution in [3.8, 4) is 0 Å². The van der Waals surface area contributed by atoms with Gasteiger partial charge in [0.15, 0.2) is 0 Å². The monoisotopic (exact) mass is 351 g/mol. The fraction of sp³-hybridized carbons (Fsp3) is 0.667. The van der Waals surface area contributed by atoms with E-state index in [1.807, 2.05) is 0 Å². The van der Waals surface area contributed by atoms with Crippen molar-refractivity contribution in [3.63, 3.8) is 0 Å². The molecule has 0 radical (unpaired) electrons. The van der Waals surface area contributed by atoms with Gasteiger partial charge in [0.2, 0.25) is 10.0 Å². The van der Waals surface area contributed by atoms with Crippen molar-refractivity contribution in [1.29, 1.82) is 0 Å². The molecule has 1 saturated carbocycles. The molecule has 3 nitrogen and oxygen atoms in total. The van der Waals surface area contributed by atoms with Crippen molar-refractivity contribution < 1.29 is 8.42 Å². The van der Waals surface area contributed by atoms with E-state index in [4.69, 9.17) is 0 Å². The topological polar surface area (TPSA) is 46.2 Å². The summed E-state index contributed by atoms with van der Waals surface area (Å²) in [5.74, 6) is 1.07. The highest BCUT2D eigenvalue weighted by atomic mass is 79.9. The number of alkyl halides is 1. The van der Waals surface area contributed by atoms with Gasteiger partial charge in [0.1, 0.15) is 4.21 Å². The molecule has 6 heteroatoms. The Kier molecular flexibility index (Phi) is 5.24. The smallest absolute Gasteiger partial charge is 0.210 e. The Balaban J connectivity index is 1.94. The first kappa shape index (κ1) is 14.5. The van der Waals surface area contributed by atoms with Crippen molar-refractivity contribution in [2.45, 2.75) is 29.9 Å². The third kappa shape index (κ3) is 3.56. The highest BCUT2D eigenvalue weighted by molar-refractivity contribution is 9.09. The van der Waals surface area contributed by atoms with Crippen LogP contribution in [0.25, 0.3) is 0 Å². The molecule has 102 valence electrons. The Bertz CT molecular complexity index is 458. The average Bonchev–Trinajstić information content (AvgIpc) is 2.91. The molecule has 1 aliphatic carbocycles. The second-order valence-electron chi connectivity index (χ2n) is 4.74. The SMILES string of the molecule is O=S(=O)(NCC1CCCCC1CBr)c1cccs1. The predicted octanol–water partition coefficient (Wildman–Crippen LogP) is 3.23. The van der Waals surface area contributed by atoms with E-state index in [-0.39, 0.29) is 0 Å². The minimum absolute atomic E-state index is 0.411. The Labute approximate surface area is 121 Å². The van der Waals surface area contributed by atoms with E-state index in [0.717, 1.165) is 11.8 Å². The summed E-state index contributed by atoms with van der Waals surface area (Å²) < 4.78 is 27.2. The van der Waals surface area contributed by atoms with Crippen molar-refractivity contribution in [2.24, 2.45) is 11.8 Å². The van der Waals surface area contributed by atoms with Gasteiger partial charge in [-0.15, -0.1) is 11.3 Å². The molecule has 1 N–H and O–H groups in total. The number of nitrogens with one attached hydrogen (secondary N) is 1. The van der Waals surface area contributed by atoms with Crippen LogP contribution in [0.2, 0.25) is 0 Å². The first-order valence-corrected chi connectivity index (χ1v) is 9.71. The van der Waals surface area contributed by atoms with Gasteiger partial charge < -0.3 is 0 Å². The molecule has 2 unspecified atom stereocenters. The molecule has 0 bridgehead atoms. The fourth-order valence-corrected chi connectivity index (χ4v) is 5.45. The highest BCUT2D eigenvalue weighted by Gasteiger charge is 2.26. The molecular formula is C12H18BrNO2S2. The average molecular weight is 352 g/mol. The van der Waals surface area contributed by atoms with Crippen LogP contribution in [0.1, 0.15) is 25.7 Å². The van der Waals surface area contributed by atoms with Crippen molar-refractivity contribution >= 4 is 37.3 Å². The molecule has 0 amide bonds. The first-order chi connectivity index (χ1) is 8.63. The van der Waals surface area contributed by atoms with E-state index >= 15 is 0 Å². The van der Waals surface area contributed by atoms with Crippen LogP contribution < -0.4 is 4.72 Å². The van der Waals surface area contributed by atoms with Crippen LogP contribution >= 0.6 is 27.3 Å². The number of thiophene rings is 1. The molecule has 1 fully saturated rings. The molecule has 1 heterocycles. The largest absolute Gasteiger partial charge is 0.250 e. The second-order valence-corrected chi connectivity index (χ2v) is 8.33. The molecule has 1 aliphatic rings. The summed E-state index contributed by atoms with van der Waals surface area (Å²) in [6, 6.07) is 3.41. The number of rotatable bonds is 5. The molecule has 0 spiro atoms. The van der Waals surface area contributed by atoms with Gasteiger partial charge in [0.05, 0.1) is 0 Å². The summed E-state index contributed by atoms with van der Waals surface area (Å²) in [6.07, 6.45) is 4.82. The third-order valence-corrected chi connectivity index (χ3v) is 7.21. The molecule has 0 aromatic carbocycles. The molecule has 0 aliphatic heterocycles. The normalized spacial score (nSPS) is 25.2. The lowest BCUT2D eigenvalue weighted by Crippen LogP contribution is -2.34. The first-order valence-electron chi connectivity index (χ1n) is 6.22. The number of sulfonamides is 1. The number of hydrogen-bond acceptors (Lipinski definition) is 3. The van der Waals surface area contributed by atoms with Gasteiger partial charge >= 0.3 is 0 Å². The fourth-order valence-electron chi connectivity index (χ4n) is 2.46. The second kappa shape index (κ2) is 6.50. The minimum atomic E-state index is -3.29. The zero-order valence-corrected chi connectivity index (χ0v) is 13.4. The van der Waals surface area contributed by atoms with Crippen LogP contribution in [-0.4, -0.2) is 20.3 Å². The van der Waals surface area contributed by atoms with E-state index in [1.54, 1.807) is 17.5 Å². The van der Waals surface area contributed by atoms with Crippen LogP contribution in [0.3, 0.4) is 0 Å². The Morgan fingerprint density at radius 2 is 2.06 bits per heavy atom. The zero-order valence-electron chi connectivity index (χ0n) is 10.1. The lowest BCUT2D eigenvalue weighted by molar-refractivity contribution is 0.263. The van der Waals surface area contributed by atoms with Crippen LogP contribution in [0, 0.1) is 11.8 Å². The standard InChI is InChI=1S/C12H18BrNO2S2/c13-8-10-4-1-2-5-11(10)9-14-18(15,16)12-6-3-7-17-12/h3,6-7,10-11,14H,1-2,4-5,8-9H2. The van der Waals surface area contributed by atoms with E-state index < -0.39 is 10.0 Å². The van der Waals surface area contributed by atoms with E-state index in [9.17, 15) is 8.42 Å². The summed E-state index contributed by atoms with van der Waals surface area (Å²) in [5.41, 5.74) is 0. The molecular weight excluding hydrogens is 334 g/mol. The van der Waals surface area contributed by atoms with Gasteiger partial charge in [-0.25, -0.2) is 13.1 Å². The minimum Gasteiger partial charge on any atom is -0.210 e. The summed E-state index contributed by atoms with van der Waals surface area (Å²) >= 11 is 4.80. The maximum atomic E-state index is 12.0. The molecule has 2 rings (SSSR count). The predicted molar refractivity (Wildman–Crippen MR) is 78.7 cm³/mol. The third-order valence-electron chi connectivity index (χ3n) is 3.56. The summed E-state index contributed by atoms with van der Waals surface area (Å²) in [5, 5.41) is 2.76. The van der Waals surface area contributed by atoms with Gasteiger partial charge in [-0.2, -0.15) is 0 Å². The molecule has 1 aromatic heterocycles. The lowest BCUT2D eigenvalue weighted by atomic mass is 9.80. The van der Waals surface area contributed by atoms with Crippen molar-refractivity contribution in [1.82, 2.24) is 4.72 Å². The Morgan fingerprint density at radius 1 is 1.33 bits per heavy atom. The highest BCUT2D eigenvalue weighted by Crippen LogP contribution is 2.31. The maximum Gasteiger partial charge on any atom is 0.250 e. The molecule has 2 atom stereocenters. The van der Waals surface area contributed by atoms with E-state index in [0.29, 0.717) is 22.6 Å². The summed E-state index contributed by atoms with van der Waals surface area (Å²) in [7, 11) is -3.29. The van der Waals surface area contributed by atoms with E-state index in [1.165, 1.54) is 30.6 Å². The van der Waals surface area contributed by atoms with Crippen molar-refractivity contribution in [3.05, 3.63) is 17.5 Å². The lowest BCUT2D eigenvalue weighted by Gasteiger charge is -2.30. The maximum absolute atomic E-state index is 12.0. The Hall–Kier alpha value is 0.0900. The van der Waals surface area contributed by atoms with Crippen LogP contribution in [-0.2, 0) is 10.0 Å². The van der Waals surface area contributed by atoms with Gasteiger partial charge in [-0.3, -0.25) is 0 Å². The summed E-state index contributed by atoms with van der Waals surface area (Å²) in [4.78, 5) is 0. The van der Waals surface area contributed by atoms with Gasteiger partial charge in [-0.05, 0) is 36.1 Å². The zero-order chi connectivity index (χ0) is 13.0. The van der Waals surface area contributed by atoms with Crippen LogP contribution in [0.15, 0.2) is 21.7 Å². The van der Waals surface area contributed by atoms with Gasteiger partial charge in [0, 0.05) is 11.9 Å². The quantitative estimate of drug-likeness (QED) is 0.827. The van der Waals surface area contributed by atoms with Crippen LogP contribution in [0.5, 0.6) is 0 Å². The number of halogens is 1. The van der Waals surface area contributed by atoms with Crippen LogP contribution in [0.4, 0.5) is 0 Å². The summed E-state index contributed by atoms with van der Waals surface area (Å²) in [6.45, 7) is 0.566. The molecule has 1 aromatic rings. The molecule has 0 saturated heterocycles. The van der Waals surface area contributed by atoms with Gasteiger partial charge in [0.25, 0.3) is 0 Å². The van der Waals surface area contributed by atoms with Gasteiger partial charge in [-0.1, -0.05) is 34.8 Å². The molecule has 18 heavy (non-hydrogen) atoms. The van der Waals surface area contributed by atoms with Crippen molar-refractivity contribution in [2.75, 3.05) is 11.9 Å².